The number of nitrogens with one attached hydrogen (secondary N) is 1. The Morgan fingerprint density at radius 2 is 1.94 bits per heavy atom. The molecular weight excluding hydrogens is 494 g/mol. The molecule has 1 rings (SSSR count). The van der Waals surface area contributed by atoms with Crippen LogP contribution in [0.25, 0.3) is 0 Å². The summed E-state index contributed by atoms with van der Waals surface area (Å²) in [5.74, 6) is -0.579. The fraction of sp³-hybridized carbons (Fsp3) is 0.478. The van der Waals surface area contributed by atoms with E-state index < -0.39 is 12.1 Å². The predicted molar refractivity (Wildman–Crippen MR) is 139 cm³/mol. The third-order valence-electron chi connectivity index (χ3n) is 4.02. The molecule has 0 aliphatic rings. The Morgan fingerprint density at radius 3 is 2.27 bits per heavy atom. The highest BCUT2D eigenvalue weighted by Crippen LogP contribution is 2.25. The van der Waals surface area contributed by atoms with E-state index in [4.69, 9.17) is 23.2 Å². The van der Waals surface area contributed by atoms with Gasteiger partial charge >= 0.3 is 6.18 Å². The third kappa shape index (κ3) is 17.6. The number of benzene rings is 1. The van der Waals surface area contributed by atoms with Gasteiger partial charge in [-0.1, -0.05) is 55.3 Å². The molecule has 1 atom stereocenters. The maximum atomic E-state index is 11.4. The van der Waals surface area contributed by atoms with E-state index in [9.17, 15) is 18.0 Å². The van der Waals surface area contributed by atoms with Crippen LogP contribution in [0.3, 0.4) is 0 Å². The first-order valence-electron chi connectivity index (χ1n) is 10.2. The Morgan fingerprint density at radius 1 is 1.33 bits per heavy atom. The van der Waals surface area contributed by atoms with Crippen LogP contribution in [-0.4, -0.2) is 48.2 Å². The number of amides is 1. The Hall–Kier alpha value is -1.48. The first-order valence-corrected chi connectivity index (χ1v) is 11.6. The second kappa shape index (κ2) is 18.9. The molecule has 0 saturated carbocycles. The second-order valence-corrected chi connectivity index (χ2v) is 8.00. The highest BCUT2D eigenvalue weighted by molar-refractivity contribution is 7.80. The summed E-state index contributed by atoms with van der Waals surface area (Å²) in [4.78, 5) is 16.8. The van der Waals surface area contributed by atoms with E-state index in [-0.39, 0.29) is 5.91 Å². The number of allylic oxidation sites excluding steroid dienone is 2. The molecule has 188 valence electrons. The quantitative estimate of drug-likeness (QED) is 0.216. The molecule has 33 heavy (non-hydrogen) atoms. The lowest BCUT2D eigenvalue weighted by Crippen LogP contribution is -2.26. The van der Waals surface area contributed by atoms with Crippen molar-refractivity contribution in [2.45, 2.75) is 40.8 Å². The van der Waals surface area contributed by atoms with Gasteiger partial charge < -0.3 is 5.32 Å². The van der Waals surface area contributed by atoms with Crippen LogP contribution in [0.5, 0.6) is 0 Å². The lowest BCUT2D eigenvalue weighted by molar-refractivity contribution is -0.156. The van der Waals surface area contributed by atoms with Gasteiger partial charge in [-0.05, 0) is 38.7 Å². The molecule has 0 bridgehead atoms. The van der Waals surface area contributed by atoms with Gasteiger partial charge in [0.1, 0.15) is 0 Å². The SMILES string of the molecule is C/C=C/NC(C)=O.C=CC(C)C(F)(F)F.CCN(CCS)C/N=C(\C)c1ccc(Cl)cc1Cl. The first-order chi connectivity index (χ1) is 15.3. The Labute approximate surface area is 211 Å². The van der Waals surface area contributed by atoms with Crippen molar-refractivity contribution < 1.29 is 18.0 Å². The molecule has 0 aromatic heterocycles. The van der Waals surface area contributed by atoms with Gasteiger partial charge in [0.2, 0.25) is 5.91 Å². The van der Waals surface area contributed by atoms with Crippen molar-refractivity contribution in [1.29, 1.82) is 0 Å². The highest BCUT2D eigenvalue weighted by atomic mass is 35.5. The standard InChI is InChI=1S/C13H18Cl2N2S.C5H7F3.C5H9NO/c1-3-17(6-7-18)9-16-10(2)12-5-4-11(14)8-13(12)15;1-3-4(2)5(6,7)8;1-3-4-6-5(2)7/h4-5,8,18H,3,6-7,9H2,1-2H3;3-4H,1H2,2H3;3-4H,1-2H3,(H,6,7)/b16-10+;;4-3+. The summed E-state index contributed by atoms with van der Waals surface area (Å²) in [6.45, 7) is 14.0. The summed E-state index contributed by atoms with van der Waals surface area (Å²) < 4.78 is 34.1. The van der Waals surface area contributed by atoms with E-state index in [1.165, 1.54) is 6.92 Å². The van der Waals surface area contributed by atoms with Crippen LogP contribution < -0.4 is 5.32 Å². The molecule has 1 unspecified atom stereocenters. The van der Waals surface area contributed by atoms with Crippen molar-refractivity contribution in [1.82, 2.24) is 10.2 Å². The van der Waals surface area contributed by atoms with Gasteiger partial charge in [0.15, 0.2) is 0 Å². The van der Waals surface area contributed by atoms with Crippen molar-refractivity contribution in [3.05, 3.63) is 58.7 Å². The maximum absolute atomic E-state index is 11.4. The zero-order valence-corrected chi connectivity index (χ0v) is 22.1. The summed E-state index contributed by atoms with van der Waals surface area (Å²) in [5, 5.41) is 3.76. The van der Waals surface area contributed by atoms with Crippen molar-refractivity contribution >= 4 is 47.4 Å². The molecule has 0 radical (unpaired) electrons. The van der Waals surface area contributed by atoms with E-state index in [2.05, 4.69) is 41.3 Å². The zero-order chi connectivity index (χ0) is 26.0. The topological polar surface area (TPSA) is 44.7 Å². The molecule has 1 aromatic carbocycles. The second-order valence-electron chi connectivity index (χ2n) is 6.71. The Balaban J connectivity index is 0. The van der Waals surface area contributed by atoms with E-state index in [0.717, 1.165) is 43.1 Å². The minimum absolute atomic E-state index is 0.0295. The van der Waals surface area contributed by atoms with E-state index in [1.807, 2.05) is 26.0 Å². The Kier molecular flexibility index (Phi) is 19.3. The first kappa shape index (κ1) is 33.7. The van der Waals surface area contributed by atoms with Crippen LogP contribution in [0.2, 0.25) is 10.0 Å². The molecule has 0 spiro atoms. The normalized spacial score (nSPS) is 12.4. The molecule has 1 aromatic rings. The monoisotopic (exact) mass is 527 g/mol. The van der Waals surface area contributed by atoms with Crippen LogP contribution in [0.1, 0.15) is 40.2 Å². The summed E-state index contributed by atoms with van der Waals surface area (Å²) in [6.07, 6.45) is 0.130. The minimum atomic E-state index is -4.11. The number of rotatable bonds is 8. The number of hydrogen-bond donors (Lipinski definition) is 2. The van der Waals surface area contributed by atoms with Crippen molar-refractivity contribution in [2.75, 3.05) is 25.5 Å². The molecular formula is C23H34Cl2F3N3OS. The lowest BCUT2D eigenvalue weighted by Gasteiger charge is -2.17. The number of carbonyl (C=O) groups excluding carboxylic acids is 1. The minimum Gasteiger partial charge on any atom is -0.333 e. The molecule has 0 aliphatic heterocycles. The molecule has 0 aliphatic carbocycles. The summed E-state index contributed by atoms with van der Waals surface area (Å²) in [6, 6.07) is 5.47. The molecule has 0 fully saturated rings. The molecule has 1 N–H and O–H groups in total. The van der Waals surface area contributed by atoms with E-state index in [0.29, 0.717) is 16.7 Å². The number of halogens is 5. The summed E-state index contributed by atoms with van der Waals surface area (Å²) in [7, 11) is 0. The Bertz CT molecular complexity index is 772. The van der Waals surface area contributed by atoms with Crippen LogP contribution in [0.4, 0.5) is 13.2 Å². The lowest BCUT2D eigenvalue weighted by atomic mass is 10.1. The van der Waals surface area contributed by atoms with Crippen molar-refractivity contribution in [3.8, 4) is 0 Å². The van der Waals surface area contributed by atoms with Crippen LogP contribution in [0, 0.1) is 5.92 Å². The zero-order valence-electron chi connectivity index (χ0n) is 19.7. The predicted octanol–water partition coefficient (Wildman–Crippen LogP) is 7.04. The summed E-state index contributed by atoms with van der Waals surface area (Å²) >= 11 is 16.2. The maximum Gasteiger partial charge on any atom is 0.394 e. The van der Waals surface area contributed by atoms with Crippen molar-refractivity contribution in [2.24, 2.45) is 10.9 Å². The molecule has 4 nitrogen and oxygen atoms in total. The number of aliphatic imine (C=N–C) groups is 1. The van der Waals surface area contributed by atoms with Gasteiger partial charge in [-0.15, -0.1) is 6.58 Å². The van der Waals surface area contributed by atoms with Gasteiger partial charge in [0.25, 0.3) is 0 Å². The highest BCUT2D eigenvalue weighted by Gasteiger charge is 2.33. The number of thiol groups is 1. The molecule has 1 amide bonds. The van der Waals surface area contributed by atoms with Gasteiger partial charge in [-0.25, -0.2) is 0 Å². The van der Waals surface area contributed by atoms with Crippen LogP contribution in [-0.2, 0) is 4.79 Å². The van der Waals surface area contributed by atoms with Gasteiger partial charge in [-0.2, -0.15) is 25.8 Å². The summed E-state index contributed by atoms with van der Waals surface area (Å²) in [5.41, 5.74) is 1.86. The largest absolute Gasteiger partial charge is 0.394 e. The average Bonchev–Trinajstić information content (AvgIpc) is 2.74. The number of hydrogen-bond acceptors (Lipinski definition) is 4. The number of nitrogens with zero attached hydrogens (tertiary/aromatic N) is 2. The van der Waals surface area contributed by atoms with Crippen LogP contribution >= 0.6 is 35.8 Å². The smallest absolute Gasteiger partial charge is 0.333 e. The molecule has 0 saturated heterocycles. The third-order valence-corrected chi connectivity index (χ3v) is 4.76. The van der Waals surface area contributed by atoms with E-state index >= 15 is 0 Å². The molecule has 0 heterocycles. The number of carbonyl (C=O) groups is 1. The van der Waals surface area contributed by atoms with Gasteiger partial charge in [0, 0.05) is 35.5 Å². The fourth-order valence-corrected chi connectivity index (χ4v) is 2.71. The van der Waals surface area contributed by atoms with Crippen molar-refractivity contribution in [3.63, 3.8) is 0 Å². The molecule has 10 heteroatoms. The average molecular weight is 529 g/mol. The van der Waals surface area contributed by atoms with Gasteiger partial charge in [0.05, 0.1) is 17.6 Å². The number of alkyl halides is 3. The van der Waals surface area contributed by atoms with E-state index in [1.54, 1.807) is 18.3 Å². The van der Waals surface area contributed by atoms with Gasteiger partial charge in [-0.3, -0.25) is 14.7 Å². The van der Waals surface area contributed by atoms with Crippen LogP contribution in [0.15, 0.2) is 48.1 Å². The fourth-order valence-electron chi connectivity index (χ4n) is 1.88.